The quantitative estimate of drug-likeness (QED) is 0.538. The topological polar surface area (TPSA) is 54.9 Å². The number of aromatic nitrogens is 2. The minimum atomic E-state index is -0.0671. The molecule has 29 heavy (non-hydrogen) atoms. The number of carbonyl (C=O) groups is 1. The fourth-order valence-corrected chi connectivity index (χ4v) is 4.15. The molecule has 1 amide bonds. The van der Waals surface area contributed by atoms with Crippen molar-refractivity contribution >= 4 is 16.8 Å². The molecule has 0 fully saturated rings. The SMILES string of the molecule is O=C(N[C@H]1CCCc2ccccc21)c1cc(-c2ccccn2)nc2ccccc12. The normalized spacial score (nSPS) is 15.7. The van der Waals surface area contributed by atoms with E-state index in [1.807, 2.05) is 54.6 Å². The number of para-hydroxylation sites is 1. The number of pyridine rings is 2. The summed E-state index contributed by atoms with van der Waals surface area (Å²) in [5.41, 5.74) is 5.46. The van der Waals surface area contributed by atoms with Gasteiger partial charge in [-0.15, -0.1) is 0 Å². The Kier molecular flexibility index (Phi) is 4.53. The van der Waals surface area contributed by atoms with Gasteiger partial charge in [0.05, 0.1) is 28.5 Å². The van der Waals surface area contributed by atoms with Crippen LogP contribution in [0.3, 0.4) is 0 Å². The van der Waals surface area contributed by atoms with Gasteiger partial charge in [0.15, 0.2) is 0 Å². The first-order valence-corrected chi connectivity index (χ1v) is 9.99. The van der Waals surface area contributed by atoms with E-state index in [0.717, 1.165) is 35.9 Å². The average molecular weight is 379 g/mol. The Morgan fingerprint density at radius 3 is 2.66 bits per heavy atom. The highest BCUT2D eigenvalue weighted by Gasteiger charge is 2.23. The summed E-state index contributed by atoms with van der Waals surface area (Å²) < 4.78 is 0. The summed E-state index contributed by atoms with van der Waals surface area (Å²) in [5, 5.41) is 4.13. The van der Waals surface area contributed by atoms with Crippen LogP contribution in [0.25, 0.3) is 22.3 Å². The number of carbonyl (C=O) groups excluding carboxylic acids is 1. The number of hydrogen-bond donors (Lipinski definition) is 1. The Balaban J connectivity index is 1.55. The zero-order valence-electron chi connectivity index (χ0n) is 16.0. The summed E-state index contributed by atoms with van der Waals surface area (Å²) in [5.74, 6) is -0.0671. The summed E-state index contributed by atoms with van der Waals surface area (Å²) in [6.45, 7) is 0. The summed E-state index contributed by atoms with van der Waals surface area (Å²) in [4.78, 5) is 22.5. The van der Waals surface area contributed by atoms with Gasteiger partial charge in [0.1, 0.15) is 0 Å². The molecule has 5 rings (SSSR count). The number of hydrogen-bond acceptors (Lipinski definition) is 3. The molecule has 142 valence electrons. The van der Waals surface area contributed by atoms with Crippen molar-refractivity contribution in [3.05, 3.63) is 95.7 Å². The number of nitrogens with one attached hydrogen (secondary N) is 1. The third kappa shape index (κ3) is 3.38. The van der Waals surface area contributed by atoms with Crippen LogP contribution >= 0.6 is 0 Å². The van der Waals surface area contributed by atoms with E-state index in [2.05, 4.69) is 28.5 Å². The first-order chi connectivity index (χ1) is 14.3. The van der Waals surface area contributed by atoms with E-state index >= 15 is 0 Å². The second kappa shape index (κ2) is 7.47. The second-order valence-electron chi connectivity index (χ2n) is 7.40. The molecule has 0 aliphatic heterocycles. The van der Waals surface area contributed by atoms with Crippen molar-refractivity contribution in [3.63, 3.8) is 0 Å². The summed E-state index contributed by atoms with van der Waals surface area (Å²) in [7, 11) is 0. The van der Waals surface area contributed by atoms with Gasteiger partial charge >= 0.3 is 0 Å². The van der Waals surface area contributed by atoms with Gasteiger partial charge in [0, 0.05) is 11.6 Å². The standard InChI is InChI=1S/C25H21N3O/c29-25(28-21-14-7-9-17-8-1-2-10-18(17)21)20-16-24(23-13-5-6-15-26-23)27-22-12-4-3-11-19(20)22/h1-6,8,10-13,15-16,21H,7,9,14H2,(H,28,29)/t21-/m0/s1. The summed E-state index contributed by atoms with van der Waals surface area (Å²) >= 11 is 0. The van der Waals surface area contributed by atoms with E-state index in [4.69, 9.17) is 4.98 Å². The average Bonchev–Trinajstić information content (AvgIpc) is 2.79. The smallest absolute Gasteiger partial charge is 0.252 e. The van der Waals surface area contributed by atoms with Crippen molar-refractivity contribution in [2.45, 2.75) is 25.3 Å². The van der Waals surface area contributed by atoms with Gasteiger partial charge < -0.3 is 5.32 Å². The first-order valence-electron chi connectivity index (χ1n) is 9.99. The number of rotatable bonds is 3. The van der Waals surface area contributed by atoms with Crippen LogP contribution in [0.15, 0.2) is 79.0 Å². The van der Waals surface area contributed by atoms with Crippen LogP contribution in [-0.2, 0) is 6.42 Å². The van der Waals surface area contributed by atoms with Gasteiger partial charge in [-0.1, -0.05) is 48.5 Å². The maximum Gasteiger partial charge on any atom is 0.252 e. The molecule has 4 aromatic rings. The predicted octanol–water partition coefficient (Wildman–Crippen LogP) is 5.10. The number of benzene rings is 2. The zero-order chi connectivity index (χ0) is 19.6. The van der Waals surface area contributed by atoms with Gasteiger partial charge in [-0.2, -0.15) is 0 Å². The molecule has 0 unspecified atom stereocenters. The lowest BCUT2D eigenvalue weighted by Crippen LogP contribution is -2.31. The van der Waals surface area contributed by atoms with E-state index < -0.39 is 0 Å². The Labute approximate surface area is 169 Å². The molecule has 2 aromatic carbocycles. The maximum atomic E-state index is 13.4. The van der Waals surface area contributed by atoms with Crippen LogP contribution in [-0.4, -0.2) is 15.9 Å². The van der Waals surface area contributed by atoms with Crippen molar-refractivity contribution in [2.75, 3.05) is 0 Å². The number of amides is 1. The number of nitrogens with zero attached hydrogens (tertiary/aromatic N) is 2. The van der Waals surface area contributed by atoms with Gasteiger partial charge in [0.2, 0.25) is 0 Å². The molecule has 0 bridgehead atoms. The molecule has 4 nitrogen and oxygen atoms in total. The van der Waals surface area contributed by atoms with Gasteiger partial charge in [-0.3, -0.25) is 9.78 Å². The Morgan fingerprint density at radius 2 is 1.76 bits per heavy atom. The van der Waals surface area contributed by atoms with E-state index in [-0.39, 0.29) is 11.9 Å². The Hall–Kier alpha value is -3.53. The van der Waals surface area contributed by atoms with Crippen molar-refractivity contribution in [1.29, 1.82) is 0 Å². The van der Waals surface area contributed by atoms with E-state index in [1.54, 1.807) is 6.20 Å². The summed E-state index contributed by atoms with van der Waals surface area (Å²) in [6.07, 6.45) is 4.85. The molecule has 1 atom stereocenters. The van der Waals surface area contributed by atoms with Crippen molar-refractivity contribution in [3.8, 4) is 11.4 Å². The highest BCUT2D eigenvalue weighted by atomic mass is 16.1. The fraction of sp³-hybridized carbons (Fsp3) is 0.160. The molecule has 0 radical (unpaired) electrons. The van der Waals surface area contributed by atoms with E-state index in [9.17, 15) is 4.79 Å². The maximum absolute atomic E-state index is 13.4. The molecular formula is C25H21N3O. The van der Waals surface area contributed by atoms with Crippen LogP contribution < -0.4 is 5.32 Å². The molecule has 0 saturated heterocycles. The zero-order valence-corrected chi connectivity index (χ0v) is 16.0. The molecule has 0 saturated carbocycles. The van der Waals surface area contributed by atoms with Crippen LogP contribution in [0.2, 0.25) is 0 Å². The highest BCUT2D eigenvalue weighted by molar-refractivity contribution is 6.07. The van der Waals surface area contributed by atoms with Crippen LogP contribution in [0, 0.1) is 0 Å². The molecule has 2 aromatic heterocycles. The lowest BCUT2D eigenvalue weighted by Gasteiger charge is -2.26. The lowest BCUT2D eigenvalue weighted by molar-refractivity contribution is 0.0934. The summed E-state index contributed by atoms with van der Waals surface area (Å²) in [6, 6.07) is 23.8. The molecule has 4 heteroatoms. The number of aryl methyl sites for hydroxylation is 1. The van der Waals surface area contributed by atoms with Crippen molar-refractivity contribution < 1.29 is 4.79 Å². The van der Waals surface area contributed by atoms with E-state index in [1.165, 1.54) is 11.1 Å². The molecule has 1 aliphatic carbocycles. The Morgan fingerprint density at radius 1 is 0.931 bits per heavy atom. The molecular weight excluding hydrogens is 358 g/mol. The first kappa shape index (κ1) is 17.6. The van der Waals surface area contributed by atoms with Gasteiger partial charge in [0.25, 0.3) is 5.91 Å². The molecule has 0 spiro atoms. The minimum absolute atomic E-state index is 0.0395. The van der Waals surface area contributed by atoms with Crippen molar-refractivity contribution in [1.82, 2.24) is 15.3 Å². The molecule has 2 heterocycles. The van der Waals surface area contributed by atoms with Crippen LogP contribution in [0.5, 0.6) is 0 Å². The van der Waals surface area contributed by atoms with Crippen LogP contribution in [0.1, 0.15) is 40.4 Å². The third-order valence-corrected chi connectivity index (χ3v) is 5.56. The number of fused-ring (bicyclic) bond motifs is 2. The lowest BCUT2D eigenvalue weighted by atomic mass is 9.87. The van der Waals surface area contributed by atoms with E-state index in [0.29, 0.717) is 11.3 Å². The monoisotopic (exact) mass is 379 g/mol. The molecule has 1 N–H and O–H groups in total. The Bertz CT molecular complexity index is 1190. The predicted molar refractivity (Wildman–Crippen MR) is 115 cm³/mol. The van der Waals surface area contributed by atoms with Gasteiger partial charge in [-0.25, -0.2) is 4.98 Å². The molecule has 1 aliphatic rings. The minimum Gasteiger partial charge on any atom is -0.345 e. The fourth-order valence-electron chi connectivity index (χ4n) is 4.15. The van der Waals surface area contributed by atoms with Crippen LogP contribution in [0.4, 0.5) is 0 Å². The third-order valence-electron chi connectivity index (χ3n) is 5.56. The van der Waals surface area contributed by atoms with Crippen molar-refractivity contribution in [2.24, 2.45) is 0 Å². The second-order valence-corrected chi connectivity index (χ2v) is 7.40. The largest absolute Gasteiger partial charge is 0.345 e. The van der Waals surface area contributed by atoms with Gasteiger partial charge in [-0.05, 0) is 54.7 Å². The highest BCUT2D eigenvalue weighted by Crippen LogP contribution is 2.30.